The van der Waals surface area contributed by atoms with Crippen LogP contribution in [0.2, 0.25) is 0 Å². The predicted octanol–water partition coefficient (Wildman–Crippen LogP) is 3.68. The van der Waals surface area contributed by atoms with Crippen LogP contribution in [0.3, 0.4) is 0 Å². The quantitative estimate of drug-likeness (QED) is 0.397. The number of phenols is 1. The van der Waals surface area contributed by atoms with E-state index in [2.05, 4.69) is 22.9 Å². The molecule has 158 valence electrons. The topological polar surface area (TPSA) is 102 Å². The van der Waals surface area contributed by atoms with E-state index in [1.54, 1.807) is 0 Å². The number of aromatic hydroxyl groups is 1. The second-order valence-electron chi connectivity index (χ2n) is 9.60. The van der Waals surface area contributed by atoms with Crippen molar-refractivity contribution in [3.05, 3.63) is 53.6 Å². The van der Waals surface area contributed by atoms with Crippen LogP contribution in [0.1, 0.15) is 49.7 Å². The minimum atomic E-state index is -0.664. The SMILES string of the molecule is NC(N)=NC(=O)C#Cc1ccc(-c2ccc(O)c(C34CC5CC(CC(C5)C3)C4)c2)cc1. The van der Waals surface area contributed by atoms with Gasteiger partial charge in [-0.15, -0.1) is 0 Å². The van der Waals surface area contributed by atoms with Crippen molar-refractivity contribution in [2.75, 3.05) is 0 Å². The normalized spacial score (nSPS) is 27.9. The number of benzene rings is 2. The minimum Gasteiger partial charge on any atom is -0.508 e. The fourth-order valence-electron chi connectivity index (χ4n) is 6.60. The Morgan fingerprint density at radius 3 is 2.10 bits per heavy atom. The number of phenolic OH excluding ortho intramolecular Hbond substituents is 1. The van der Waals surface area contributed by atoms with Crippen molar-refractivity contribution in [1.29, 1.82) is 0 Å². The molecule has 5 nitrogen and oxygen atoms in total. The van der Waals surface area contributed by atoms with Gasteiger partial charge in [-0.2, -0.15) is 4.99 Å². The lowest BCUT2D eigenvalue weighted by Gasteiger charge is -2.57. The zero-order valence-corrected chi connectivity index (χ0v) is 17.5. The summed E-state index contributed by atoms with van der Waals surface area (Å²) in [4.78, 5) is 14.9. The van der Waals surface area contributed by atoms with Gasteiger partial charge in [-0.05, 0) is 97.1 Å². The van der Waals surface area contributed by atoms with Crippen molar-refractivity contribution >= 4 is 11.9 Å². The summed E-state index contributed by atoms with van der Waals surface area (Å²) in [5.41, 5.74) is 14.5. The highest BCUT2D eigenvalue weighted by atomic mass is 16.3. The van der Waals surface area contributed by atoms with Gasteiger partial charge < -0.3 is 16.6 Å². The van der Waals surface area contributed by atoms with Gasteiger partial charge in [0, 0.05) is 17.0 Å². The Morgan fingerprint density at radius 1 is 0.935 bits per heavy atom. The second-order valence-corrected chi connectivity index (χ2v) is 9.60. The largest absolute Gasteiger partial charge is 0.508 e. The summed E-state index contributed by atoms with van der Waals surface area (Å²) in [5, 5.41) is 10.8. The summed E-state index contributed by atoms with van der Waals surface area (Å²) in [6.45, 7) is 0. The van der Waals surface area contributed by atoms with Crippen molar-refractivity contribution in [1.82, 2.24) is 0 Å². The number of rotatable bonds is 2. The van der Waals surface area contributed by atoms with Gasteiger partial charge in [-0.1, -0.05) is 24.1 Å². The molecule has 1 amide bonds. The van der Waals surface area contributed by atoms with Crippen LogP contribution < -0.4 is 11.5 Å². The third kappa shape index (κ3) is 3.79. The standard InChI is InChI=1S/C26H27N3O2/c27-25(28)29-24(31)8-3-16-1-4-20(5-2-16)21-6-7-23(30)22(12-21)26-13-17-9-18(14-26)11-19(10-17)15-26/h1-2,4-7,12,17-19,30H,9-11,13-15H2,(H4,27,28,29,31). The second kappa shape index (κ2) is 7.46. The van der Waals surface area contributed by atoms with Gasteiger partial charge in [-0.25, -0.2) is 0 Å². The van der Waals surface area contributed by atoms with Crippen LogP contribution in [0.25, 0.3) is 11.1 Å². The summed E-state index contributed by atoms with van der Waals surface area (Å²) in [6.07, 6.45) is 7.80. The molecule has 4 saturated carbocycles. The van der Waals surface area contributed by atoms with Gasteiger partial charge in [0.1, 0.15) is 5.75 Å². The smallest absolute Gasteiger partial charge is 0.325 e. The van der Waals surface area contributed by atoms with Crippen LogP contribution in [0, 0.1) is 29.6 Å². The molecule has 0 radical (unpaired) electrons. The molecule has 0 atom stereocenters. The van der Waals surface area contributed by atoms with Crippen molar-refractivity contribution in [2.24, 2.45) is 34.2 Å². The monoisotopic (exact) mass is 413 g/mol. The zero-order valence-electron chi connectivity index (χ0n) is 17.5. The molecule has 0 aliphatic heterocycles. The van der Waals surface area contributed by atoms with Gasteiger partial charge in [-0.3, -0.25) is 4.79 Å². The lowest BCUT2D eigenvalue weighted by molar-refractivity contribution is -0.112. The number of guanidine groups is 1. The Labute approximate surface area is 182 Å². The molecule has 4 aliphatic rings. The molecule has 0 aromatic heterocycles. The van der Waals surface area contributed by atoms with Gasteiger partial charge in [0.25, 0.3) is 0 Å². The number of aliphatic imine (C=N–C) groups is 1. The minimum absolute atomic E-state index is 0.145. The number of nitrogens with two attached hydrogens (primary N) is 2. The molecule has 4 aliphatic carbocycles. The van der Waals surface area contributed by atoms with E-state index < -0.39 is 5.91 Å². The van der Waals surface area contributed by atoms with Crippen molar-refractivity contribution < 1.29 is 9.90 Å². The fourth-order valence-corrected chi connectivity index (χ4v) is 6.60. The first-order valence-corrected chi connectivity index (χ1v) is 11.0. The van der Waals surface area contributed by atoms with Crippen LogP contribution in [0.4, 0.5) is 0 Å². The summed E-state index contributed by atoms with van der Waals surface area (Å²) in [6, 6.07) is 13.8. The maximum atomic E-state index is 11.5. The highest BCUT2D eigenvalue weighted by Crippen LogP contribution is 2.62. The third-order valence-electron chi connectivity index (χ3n) is 7.37. The number of carbonyl (C=O) groups is 1. The third-order valence-corrected chi connectivity index (χ3v) is 7.37. The van der Waals surface area contributed by atoms with Crippen LogP contribution in [-0.4, -0.2) is 17.0 Å². The first kappa shape index (κ1) is 19.7. The molecular weight excluding hydrogens is 386 g/mol. The van der Waals surface area contributed by atoms with Crippen molar-refractivity contribution in [3.63, 3.8) is 0 Å². The molecule has 2 aromatic rings. The lowest BCUT2D eigenvalue weighted by atomic mass is 9.48. The summed E-state index contributed by atoms with van der Waals surface area (Å²) >= 11 is 0. The van der Waals surface area contributed by atoms with Crippen LogP contribution in [-0.2, 0) is 10.2 Å². The molecule has 5 N–H and O–H groups in total. The Bertz CT molecular complexity index is 1080. The molecule has 31 heavy (non-hydrogen) atoms. The fraction of sp³-hybridized carbons (Fsp3) is 0.385. The summed E-state index contributed by atoms with van der Waals surface area (Å²) in [7, 11) is 0. The number of hydrogen-bond acceptors (Lipinski definition) is 2. The molecule has 0 unspecified atom stereocenters. The molecule has 4 fully saturated rings. The Morgan fingerprint density at radius 2 is 1.52 bits per heavy atom. The van der Waals surface area contributed by atoms with E-state index in [9.17, 15) is 9.90 Å². The van der Waals surface area contributed by atoms with Gasteiger partial charge in [0.05, 0.1) is 0 Å². The molecule has 0 saturated heterocycles. The summed E-state index contributed by atoms with van der Waals surface area (Å²) < 4.78 is 0. The molecule has 0 heterocycles. The van der Waals surface area contributed by atoms with Crippen LogP contribution in [0.5, 0.6) is 5.75 Å². The number of carbonyl (C=O) groups excluding carboxylic acids is 1. The Hall–Kier alpha value is -3.26. The molecule has 0 spiro atoms. The number of amides is 1. The van der Waals surface area contributed by atoms with E-state index >= 15 is 0 Å². The Kier molecular flexibility index (Phi) is 4.74. The van der Waals surface area contributed by atoms with Crippen LogP contribution in [0.15, 0.2) is 47.5 Å². The van der Waals surface area contributed by atoms with Gasteiger partial charge in [0.15, 0.2) is 5.96 Å². The predicted molar refractivity (Wildman–Crippen MR) is 121 cm³/mol. The van der Waals surface area contributed by atoms with E-state index in [0.29, 0.717) is 11.3 Å². The number of nitrogens with zero attached hydrogens (tertiary/aromatic N) is 1. The first-order valence-electron chi connectivity index (χ1n) is 11.0. The number of hydrogen-bond donors (Lipinski definition) is 3. The molecule has 4 bridgehead atoms. The molecule has 2 aromatic carbocycles. The molecule has 6 rings (SSSR count). The van der Waals surface area contributed by atoms with Crippen molar-refractivity contribution in [3.8, 4) is 28.7 Å². The van der Waals surface area contributed by atoms with Crippen LogP contribution >= 0.6 is 0 Å². The Balaban J connectivity index is 1.42. The highest BCUT2D eigenvalue weighted by molar-refractivity contribution is 6.01. The maximum absolute atomic E-state index is 11.5. The molecular formula is C26H27N3O2. The molecule has 5 heteroatoms. The van der Waals surface area contributed by atoms with E-state index in [4.69, 9.17) is 11.5 Å². The van der Waals surface area contributed by atoms with Gasteiger partial charge in [0.2, 0.25) is 0 Å². The maximum Gasteiger partial charge on any atom is 0.325 e. The average molecular weight is 414 g/mol. The lowest BCUT2D eigenvalue weighted by Crippen LogP contribution is -2.48. The van der Waals surface area contributed by atoms with Gasteiger partial charge >= 0.3 is 5.91 Å². The first-order chi connectivity index (χ1) is 14.9. The highest BCUT2D eigenvalue weighted by Gasteiger charge is 2.52. The van der Waals surface area contributed by atoms with E-state index in [0.717, 1.165) is 34.4 Å². The van der Waals surface area contributed by atoms with E-state index in [1.165, 1.54) is 38.5 Å². The summed E-state index contributed by atoms with van der Waals surface area (Å²) in [5.74, 6) is 7.15. The zero-order chi connectivity index (χ0) is 21.6. The van der Waals surface area contributed by atoms with E-state index in [1.807, 2.05) is 36.4 Å². The van der Waals surface area contributed by atoms with E-state index in [-0.39, 0.29) is 11.4 Å². The van der Waals surface area contributed by atoms with Crippen molar-refractivity contribution in [2.45, 2.75) is 43.9 Å². The average Bonchev–Trinajstić information content (AvgIpc) is 2.71.